The number of ether oxygens (including phenoxy) is 1. The molecule has 4 nitrogen and oxygen atoms in total. The first-order valence-corrected chi connectivity index (χ1v) is 6.12. The van der Waals surface area contributed by atoms with Crippen LogP contribution in [0.5, 0.6) is 0 Å². The van der Waals surface area contributed by atoms with Crippen molar-refractivity contribution in [3.8, 4) is 6.07 Å². The maximum atomic E-state index is 12.3. The van der Waals surface area contributed by atoms with Crippen molar-refractivity contribution >= 4 is 11.7 Å². The van der Waals surface area contributed by atoms with Gasteiger partial charge in [0, 0.05) is 23.8 Å². The minimum Gasteiger partial charge on any atom is -0.446 e. The lowest BCUT2D eigenvalue weighted by Gasteiger charge is -2.43. The Morgan fingerprint density at radius 2 is 1.94 bits per heavy atom. The Kier molecular flexibility index (Phi) is 2.62. The van der Waals surface area contributed by atoms with Gasteiger partial charge in [-0.25, -0.2) is 0 Å². The summed E-state index contributed by atoms with van der Waals surface area (Å²) in [5, 5.41) is 17.0. The average Bonchev–Trinajstić information content (AvgIpc) is 2.12. The number of ketones is 1. The number of hydrogen-bond acceptors (Lipinski definition) is 4. The molecular weight excluding hydrogens is 228 g/mol. The molecule has 96 valence electrons. The zero-order valence-electron chi connectivity index (χ0n) is 11.3. The number of rotatable bonds is 0. The highest BCUT2D eigenvalue weighted by molar-refractivity contribution is 6.01. The number of allylic oxidation sites excluding steroid dienone is 2. The maximum Gasteiger partial charge on any atom is 0.205 e. The first-order chi connectivity index (χ1) is 8.19. The second-order valence-electron chi connectivity index (χ2n) is 6.49. The van der Waals surface area contributed by atoms with E-state index in [-0.39, 0.29) is 17.1 Å². The van der Waals surface area contributed by atoms with E-state index in [1.807, 2.05) is 27.7 Å². The van der Waals surface area contributed by atoms with Gasteiger partial charge in [-0.3, -0.25) is 10.2 Å². The number of carbonyl (C=O) groups is 1. The maximum absolute atomic E-state index is 12.3. The molecule has 0 aromatic carbocycles. The first kappa shape index (κ1) is 12.8. The van der Waals surface area contributed by atoms with Gasteiger partial charge in [-0.2, -0.15) is 5.26 Å². The molecule has 0 aromatic rings. The summed E-state index contributed by atoms with van der Waals surface area (Å²) < 4.78 is 5.46. The van der Waals surface area contributed by atoms with E-state index < -0.39 is 11.3 Å². The zero-order chi connectivity index (χ0) is 13.7. The van der Waals surface area contributed by atoms with Gasteiger partial charge in [0.15, 0.2) is 5.78 Å². The van der Waals surface area contributed by atoms with Crippen LogP contribution in [0.15, 0.2) is 11.3 Å². The molecule has 18 heavy (non-hydrogen) atoms. The van der Waals surface area contributed by atoms with E-state index in [1.54, 1.807) is 0 Å². The molecule has 1 N–H and O–H groups in total. The normalized spacial score (nSPS) is 29.4. The SMILES string of the molecule is CC1(C)CC(=O)C2=C(C1)OC(=N)C(C#N)C2(C)C. The molecule has 0 saturated heterocycles. The van der Waals surface area contributed by atoms with Crippen LogP contribution in [-0.4, -0.2) is 11.7 Å². The molecule has 2 aliphatic rings. The third-order valence-electron chi connectivity index (χ3n) is 3.83. The monoisotopic (exact) mass is 246 g/mol. The Hall–Kier alpha value is -1.63. The molecule has 1 aliphatic carbocycles. The van der Waals surface area contributed by atoms with E-state index in [4.69, 9.17) is 10.1 Å². The second kappa shape index (κ2) is 3.68. The first-order valence-electron chi connectivity index (χ1n) is 6.12. The second-order valence-corrected chi connectivity index (χ2v) is 6.49. The van der Waals surface area contributed by atoms with Gasteiger partial charge in [0.05, 0.1) is 6.07 Å². The number of carbonyl (C=O) groups excluding carboxylic acids is 1. The van der Waals surface area contributed by atoms with Crippen molar-refractivity contribution in [3.05, 3.63) is 11.3 Å². The van der Waals surface area contributed by atoms with Crippen molar-refractivity contribution < 1.29 is 9.53 Å². The average molecular weight is 246 g/mol. The molecule has 4 heteroatoms. The van der Waals surface area contributed by atoms with Crippen LogP contribution in [0.25, 0.3) is 0 Å². The van der Waals surface area contributed by atoms with Crippen molar-refractivity contribution in [1.29, 1.82) is 10.7 Å². The smallest absolute Gasteiger partial charge is 0.205 e. The van der Waals surface area contributed by atoms with E-state index in [9.17, 15) is 10.1 Å². The van der Waals surface area contributed by atoms with Crippen molar-refractivity contribution in [1.82, 2.24) is 0 Å². The molecule has 1 atom stereocenters. The molecule has 1 heterocycles. The van der Waals surface area contributed by atoms with E-state index >= 15 is 0 Å². The highest BCUT2D eigenvalue weighted by Gasteiger charge is 2.50. The van der Waals surface area contributed by atoms with Crippen molar-refractivity contribution in [2.45, 2.75) is 40.5 Å². The number of nitrogens with zero attached hydrogens (tertiary/aromatic N) is 1. The van der Waals surface area contributed by atoms with Gasteiger partial charge >= 0.3 is 0 Å². The number of hydrogen-bond donors (Lipinski definition) is 1. The molecule has 0 radical (unpaired) electrons. The number of Topliss-reactive ketones (excluding diaryl/α,β-unsaturated/α-hetero) is 1. The largest absolute Gasteiger partial charge is 0.446 e. The Bertz CT molecular complexity index is 506. The molecule has 0 amide bonds. The third kappa shape index (κ3) is 1.74. The minimum absolute atomic E-state index is 0.0354. The van der Waals surface area contributed by atoms with E-state index in [0.717, 1.165) is 0 Å². The standard InChI is InChI=1S/C14H18N2O2/c1-13(2)5-9(17)11-10(6-13)18-12(16)8(7-15)14(11,3)4/h8,16H,5-6H2,1-4H3. The lowest BCUT2D eigenvalue weighted by atomic mass is 9.64. The molecule has 1 unspecified atom stereocenters. The summed E-state index contributed by atoms with van der Waals surface area (Å²) in [6.45, 7) is 7.74. The number of nitriles is 1. The third-order valence-corrected chi connectivity index (χ3v) is 3.83. The summed E-state index contributed by atoms with van der Waals surface area (Å²) in [7, 11) is 0. The van der Waals surface area contributed by atoms with Gasteiger partial charge < -0.3 is 4.74 Å². The fourth-order valence-corrected chi connectivity index (χ4v) is 2.95. The summed E-state index contributed by atoms with van der Waals surface area (Å²) in [4.78, 5) is 12.3. The Morgan fingerprint density at radius 1 is 1.33 bits per heavy atom. The fraction of sp³-hybridized carbons (Fsp3) is 0.643. The lowest BCUT2D eigenvalue weighted by molar-refractivity contribution is -0.120. The molecule has 0 saturated carbocycles. The fourth-order valence-electron chi connectivity index (χ4n) is 2.95. The van der Waals surface area contributed by atoms with Gasteiger partial charge in [0.25, 0.3) is 0 Å². The zero-order valence-corrected chi connectivity index (χ0v) is 11.3. The van der Waals surface area contributed by atoms with Crippen molar-refractivity contribution in [2.24, 2.45) is 16.7 Å². The van der Waals surface area contributed by atoms with Crippen LogP contribution in [0.1, 0.15) is 40.5 Å². The van der Waals surface area contributed by atoms with Gasteiger partial charge in [-0.05, 0) is 5.41 Å². The van der Waals surface area contributed by atoms with E-state index in [2.05, 4.69) is 6.07 Å². The Labute approximate surface area is 107 Å². The highest BCUT2D eigenvalue weighted by Crippen LogP contribution is 2.49. The summed E-state index contributed by atoms with van der Waals surface area (Å²) >= 11 is 0. The van der Waals surface area contributed by atoms with Crippen molar-refractivity contribution in [2.75, 3.05) is 0 Å². The van der Waals surface area contributed by atoms with Crippen LogP contribution >= 0.6 is 0 Å². The van der Waals surface area contributed by atoms with Crippen LogP contribution in [0, 0.1) is 33.5 Å². The predicted molar refractivity (Wildman–Crippen MR) is 66.7 cm³/mol. The summed E-state index contributed by atoms with van der Waals surface area (Å²) in [5.41, 5.74) is -0.150. The minimum atomic E-state index is -0.679. The Morgan fingerprint density at radius 3 is 2.50 bits per heavy atom. The summed E-state index contributed by atoms with van der Waals surface area (Å²) in [6, 6.07) is 2.08. The molecule has 0 spiro atoms. The molecule has 2 rings (SSSR count). The van der Waals surface area contributed by atoms with Crippen LogP contribution < -0.4 is 0 Å². The molecule has 0 aromatic heterocycles. The Balaban J connectivity index is 2.57. The van der Waals surface area contributed by atoms with E-state index in [1.165, 1.54) is 0 Å². The van der Waals surface area contributed by atoms with Crippen LogP contribution in [0.3, 0.4) is 0 Å². The van der Waals surface area contributed by atoms with Gasteiger partial charge in [0.1, 0.15) is 11.7 Å². The van der Waals surface area contributed by atoms with Gasteiger partial charge in [-0.1, -0.05) is 27.7 Å². The van der Waals surface area contributed by atoms with Crippen LogP contribution in [0.4, 0.5) is 0 Å². The van der Waals surface area contributed by atoms with Gasteiger partial charge in [-0.15, -0.1) is 0 Å². The highest BCUT2D eigenvalue weighted by atomic mass is 16.5. The van der Waals surface area contributed by atoms with Crippen LogP contribution in [-0.2, 0) is 9.53 Å². The van der Waals surface area contributed by atoms with Crippen molar-refractivity contribution in [3.63, 3.8) is 0 Å². The topological polar surface area (TPSA) is 73.9 Å². The number of nitrogens with one attached hydrogen (secondary N) is 1. The summed E-state index contributed by atoms with van der Waals surface area (Å²) in [6.07, 6.45) is 1.13. The van der Waals surface area contributed by atoms with E-state index in [0.29, 0.717) is 24.2 Å². The quantitative estimate of drug-likeness (QED) is 0.714. The molecule has 0 fully saturated rings. The predicted octanol–water partition coefficient (Wildman–Crippen LogP) is 2.80. The molecule has 0 bridgehead atoms. The van der Waals surface area contributed by atoms with Crippen LogP contribution in [0.2, 0.25) is 0 Å². The summed E-state index contributed by atoms with van der Waals surface area (Å²) in [5.74, 6) is -0.0649. The lowest BCUT2D eigenvalue weighted by Crippen LogP contribution is -2.44. The molecule has 1 aliphatic heterocycles. The molecular formula is C14H18N2O2. The van der Waals surface area contributed by atoms with Gasteiger partial charge in [0.2, 0.25) is 5.90 Å².